The van der Waals surface area contributed by atoms with E-state index in [2.05, 4.69) is 5.32 Å². The fraction of sp³-hybridized carbons (Fsp3) is 0.417. The molecule has 1 aromatic rings. The van der Waals surface area contributed by atoms with Gasteiger partial charge in [-0.1, -0.05) is 0 Å². The van der Waals surface area contributed by atoms with Crippen molar-refractivity contribution in [3.63, 3.8) is 0 Å². The molecule has 1 amide bonds. The van der Waals surface area contributed by atoms with Gasteiger partial charge in [0.1, 0.15) is 11.5 Å². The molecule has 98 valence electrons. The van der Waals surface area contributed by atoms with Crippen molar-refractivity contribution >= 4 is 29.0 Å². The summed E-state index contributed by atoms with van der Waals surface area (Å²) in [4.78, 5) is 12.1. The molecule has 1 aromatic carbocycles. The third-order valence-corrected chi connectivity index (χ3v) is 4.54. The number of halogens is 2. The standard InChI is InChI=1S/C12H14F2N2OS/c1-12(3-2-4-18-12)11(17)16-10-8(14)5-7(13)6-9(10)15/h5-6H,2-4,15H2,1H3,(H,16,17). The van der Waals surface area contributed by atoms with E-state index < -0.39 is 16.4 Å². The number of thioether (sulfide) groups is 1. The topological polar surface area (TPSA) is 55.1 Å². The van der Waals surface area contributed by atoms with Gasteiger partial charge in [0.2, 0.25) is 5.91 Å². The molecular weight excluding hydrogens is 258 g/mol. The first-order valence-electron chi connectivity index (χ1n) is 5.62. The number of hydrogen-bond donors (Lipinski definition) is 2. The highest BCUT2D eigenvalue weighted by Crippen LogP contribution is 2.39. The van der Waals surface area contributed by atoms with Gasteiger partial charge in [-0.05, 0) is 31.6 Å². The molecule has 1 aliphatic heterocycles. The number of amides is 1. The van der Waals surface area contributed by atoms with E-state index in [0.29, 0.717) is 6.07 Å². The maximum absolute atomic E-state index is 13.5. The van der Waals surface area contributed by atoms with Crippen LogP contribution in [-0.4, -0.2) is 16.4 Å². The van der Waals surface area contributed by atoms with E-state index in [1.807, 2.05) is 6.92 Å². The minimum atomic E-state index is -0.854. The molecule has 1 fully saturated rings. The van der Waals surface area contributed by atoms with Gasteiger partial charge in [-0.2, -0.15) is 0 Å². The summed E-state index contributed by atoms with van der Waals surface area (Å²) >= 11 is 1.54. The zero-order valence-corrected chi connectivity index (χ0v) is 10.7. The quantitative estimate of drug-likeness (QED) is 0.814. The minimum Gasteiger partial charge on any atom is -0.397 e. The van der Waals surface area contributed by atoms with Crippen LogP contribution in [0.5, 0.6) is 0 Å². The lowest BCUT2D eigenvalue weighted by atomic mass is 10.0. The maximum Gasteiger partial charge on any atom is 0.240 e. The van der Waals surface area contributed by atoms with Crippen molar-refractivity contribution in [1.29, 1.82) is 0 Å². The van der Waals surface area contributed by atoms with Crippen LogP contribution in [-0.2, 0) is 4.79 Å². The smallest absolute Gasteiger partial charge is 0.240 e. The van der Waals surface area contributed by atoms with Crippen LogP contribution in [0.4, 0.5) is 20.2 Å². The molecule has 1 aliphatic rings. The lowest BCUT2D eigenvalue weighted by Gasteiger charge is -2.22. The molecule has 0 radical (unpaired) electrons. The summed E-state index contributed by atoms with van der Waals surface area (Å²) in [6, 6.07) is 1.69. The molecule has 2 rings (SSSR count). The van der Waals surface area contributed by atoms with Gasteiger partial charge in [-0.25, -0.2) is 8.78 Å². The fourth-order valence-corrected chi connectivity index (χ4v) is 3.14. The number of nitrogen functional groups attached to an aromatic ring is 1. The number of nitrogens with two attached hydrogens (primary N) is 1. The van der Waals surface area contributed by atoms with E-state index in [1.165, 1.54) is 11.8 Å². The van der Waals surface area contributed by atoms with Gasteiger partial charge >= 0.3 is 0 Å². The highest BCUT2D eigenvalue weighted by molar-refractivity contribution is 8.01. The van der Waals surface area contributed by atoms with Crippen molar-refractivity contribution in [3.05, 3.63) is 23.8 Å². The van der Waals surface area contributed by atoms with Gasteiger partial charge in [-0.3, -0.25) is 4.79 Å². The first-order chi connectivity index (χ1) is 8.42. The van der Waals surface area contributed by atoms with Gasteiger partial charge in [0, 0.05) is 6.07 Å². The highest BCUT2D eigenvalue weighted by Gasteiger charge is 2.37. The number of anilines is 2. The van der Waals surface area contributed by atoms with Crippen LogP contribution in [0, 0.1) is 11.6 Å². The van der Waals surface area contributed by atoms with Crippen molar-refractivity contribution in [1.82, 2.24) is 0 Å². The second-order valence-electron chi connectivity index (χ2n) is 4.49. The summed E-state index contributed by atoms with van der Waals surface area (Å²) in [5.74, 6) is -0.996. The summed E-state index contributed by atoms with van der Waals surface area (Å²) in [5, 5.41) is 2.46. The summed E-state index contributed by atoms with van der Waals surface area (Å²) in [6.07, 6.45) is 1.70. The van der Waals surface area contributed by atoms with E-state index in [1.54, 1.807) is 0 Å². The van der Waals surface area contributed by atoms with Crippen LogP contribution >= 0.6 is 11.8 Å². The first kappa shape index (κ1) is 13.1. The Morgan fingerprint density at radius 2 is 2.22 bits per heavy atom. The second kappa shape index (κ2) is 4.76. The molecule has 18 heavy (non-hydrogen) atoms. The molecule has 1 unspecified atom stereocenters. The normalized spacial score (nSPS) is 23.1. The molecule has 3 N–H and O–H groups in total. The van der Waals surface area contributed by atoms with Gasteiger partial charge in [0.15, 0.2) is 5.82 Å². The number of carbonyl (C=O) groups is 1. The summed E-state index contributed by atoms with van der Waals surface area (Å²) in [5.41, 5.74) is 5.26. The third-order valence-electron chi connectivity index (χ3n) is 3.02. The third kappa shape index (κ3) is 2.43. The lowest BCUT2D eigenvalue weighted by molar-refractivity contribution is -0.118. The monoisotopic (exact) mass is 272 g/mol. The van der Waals surface area contributed by atoms with Crippen LogP contribution in [0.2, 0.25) is 0 Å². The molecule has 0 saturated carbocycles. The van der Waals surface area contributed by atoms with Gasteiger partial charge in [-0.15, -0.1) is 11.8 Å². The summed E-state index contributed by atoms with van der Waals surface area (Å²) in [7, 11) is 0. The molecule has 0 bridgehead atoms. The van der Waals surface area contributed by atoms with E-state index in [4.69, 9.17) is 5.73 Å². The second-order valence-corrected chi connectivity index (χ2v) is 6.09. The predicted molar refractivity (Wildman–Crippen MR) is 69.5 cm³/mol. The Labute approximate surface area is 108 Å². The Bertz CT molecular complexity index is 464. The number of rotatable bonds is 2. The van der Waals surface area contributed by atoms with Gasteiger partial charge < -0.3 is 11.1 Å². The van der Waals surface area contributed by atoms with E-state index >= 15 is 0 Å². The number of carbonyl (C=O) groups excluding carboxylic acids is 1. The van der Waals surface area contributed by atoms with E-state index in [9.17, 15) is 13.6 Å². The molecule has 0 aliphatic carbocycles. The van der Waals surface area contributed by atoms with Crippen LogP contribution in [0.1, 0.15) is 19.8 Å². The van der Waals surface area contributed by atoms with Crippen molar-refractivity contribution in [3.8, 4) is 0 Å². The average molecular weight is 272 g/mol. The molecule has 0 aromatic heterocycles. The Hall–Kier alpha value is -1.30. The number of benzene rings is 1. The Balaban J connectivity index is 2.22. The summed E-state index contributed by atoms with van der Waals surface area (Å²) in [6.45, 7) is 1.82. The predicted octanol–water partition coefficient (Wildman–Crippen LogP) is 2.77. The number of hydrogen-bond acceptors (Lipinski definition) is 3. The highest BCUT2D eigenvalue weighted by atomic mass is 32.2. The molecule has 1 heterocycles. The van der Waals surface area contributed by atoms with Crippen LogP contribution in [0.15, 0.2) is 12.1 Å². The zero-order valence-electron chi connectivity index (χ0n) is 9.93. The minimum absolute atomic E-state index is 0.104. The molecule has 1 saturated heterocycles. The van der Waals surface area contributed by atoms with Crippen LogP contribution in [0.25, 0.3) is 0 Å². The molecule has 0 spiro atoms. The van der Waals surface area contributed by atoms with Gasteiger partial charge in [0.25, 0.3) is 0 Å². The zero-order chi connectivity index (χ0) is 13.3. The first-order valence-corrected chi connectivity index (χ1v) is 6.61. The van der Waals surface area contributed by atoms with Crippen LogP contribution in [0.3, 0.4) is 0 Å². The number of nitrogens with one attached hydrogen (secondary N) is 1. The average Bonchev–Trinajstić information content (AvgIpc) is 2.71. The van der Waals surface area contributed by atoms with Crippen molar-refractivity contribution < 1.29 is 13.6 Å². The van der Waals surface area contributed by atoms with Crippen molar-refractivity contribution in [2.24, 2.45) is 0 Å². The van der Waals surface area contributed by atoms with Crippen molar-refractivity contribution in [2.45, 2.75) is 24.5 Å². The fourth-order valence-electron chi connectivity index (χ4n) is 1.93. The Kier molecular flexibility index (Phi) is 3.47. The van der Waals surface area contributed by atoms with E-state index in [-0.39, 0.29) is 17.3 Å². The van der Waals surface area contributed by atoms with Gasteiger partial charge in [0.05, 0.1) is 10.4 Å². The maximum atomic E-state index is 13.5. The Morgan fingerprint density at radius 3 is 2.78 bits per heavy atom. The van der Waals surface area contributed by atoms with E-state index in [0.717, 1.165) is 24.7 Å². The summed E-state index contributed by atoms with van der Waals surface area (Å²) < 4.78 is 25.9. The molecule has 3 nitrogen and oxygen atoms in total. The van der Waals surface area contributed by atoms with Crippen molar-refractivity contribution in [2.75, 3.05) is 16.8 Å². The lowest BCUT2D eigenvalue weighted by Crippen LogP contribution is -2.35. The largest absolute Gasteiger partial charge is 0.397 e. The molecule has 1 atom stereocenters. The SMILES string of the molecule is CC1(C(=O)Nc2c(N)cc(F)cc2F)CCCS1. The molecule has 6 heteroatoms. The molecular formula is C12H14F2N2OS. The van der Waals surface area contributed by atoms with Crippen LogP contribution < -0.4 is 11.1 Å². The Morgan fingerprint density at radius 1 is 1.50 bits per heavy atom.